The molecule has 0 atom stereocenters. The summed E-state index contributed by atoms with van der Waals surface area (Å²) in [5, 5.41) is 10.5. The molecule has 25 heavy (non-hydrogen) atoms. The van der Waals surface area contributed by atoms with Gasteiger partial charge < -0.3 is 20.3 Å². The Morgan fingerprint density at radius 2 is 2.12 bits per heavy atom. The van der Waals surface area contributed by atoms with Crippen molar-refractivity contribution < 1.29 is 4.74 Å². The number of halogens is 1. The minimum atomic E-state index is 0. The maximum atomic E-state index is 5.67. The second-order valence-corrected chi connectivity index (χ2v) is 7.65. The predicted molar refractivity (Wildman–Crippen MR) is 118 cm³/mol. The van der Waals surface area contributed by atoms with Gasteiger partial charge in [-0.1, -0.05) is 0 Å². The summed E-state index contributed by atoms with van der Waals surface area (Å²) < 4.78 is 5.67. The van der Waals surface area contributed by atoms with Crippen LogP contribution in [0.25, 0.3) is 0 Å². The van der Waals surface area contributed by atoms with E-state index in [1.165, 1.54) is 17.8 Å². The zero-order valence-electron chi connectivity index (χ0n) is 15.1. The summed E-state index contributed by atoms with van der Waals surface area (Å²) in [7, 11) is 1.85. The molecule has 7 heteroatoms. The zero-order chi connectivity index (χ0) is 16.6. The van der Waals surface area contributed by atoms with Gasteiger partial charge in [-0.2, -0.15) is 0 Å². The lowest BCUT2D eigenvalue weighted by Crippen LogP contribution is -2.48. The van der Waals surface area contributed by atoms with Crippen LogP contribution < -0.4 is 15.5 Å². The van der Waals surface area contributed by atoms with Crippen molar-refractivity contribution in [3.8, 4) is 0 Å². The molecule has 0 bridgehead atoms. The Kier molecular flexibility index (Phi) is 9.33. The van der Waals surface area contributed by atoms with E-state index in [0.717, 1.165) is 64.0 Å². The molecule has 0 radical (unpaired) electrons. The van der Waals surface area contributed by atoms with Gasteiger partial charge in [-0.3, -0.25) is 4.99 Å². The largest absolute Gasteiger partial charge is 0.381 e. The predicted octanol–water partition coefficient (Wildman–Crippen LogP) is 3.32. The standard InChI is InChI=1S/C18H30N4OS.HI/c1-19-18(20-9-3-12-23-14-15-5-6-15)21-16-7-10-22(11-8-16)17-4-2-13-24-17;/h2,4,13,15-16H,3,5-12,14H2,1H3,(H2,19,20,21);1H. The maximum absolute atomic E-state index is 5.67. The molecule has 1 aliphatic heterocycles. The van der Waals surface area contributed by atoms with Crippen LogP contribution in [0.1, 0.15) is 32.1 Å². The molecule has 0 spiro atoms. The monoisotopic (exact) mass is 478 g/mol. The summed E-state index contributed by atoms with van der Waals surface area (Å²) >= 11 is 1.83. The minimum Gasteiger partial charge on any atom is -0.381 e. The van der Waals surface area contributed by atoms with Crippen molar-refractivity contribution in [2.75, 3.05) is 44.8 Å². The quantitative estimate of drug-likeness (QED) is 0.261. The van der Waals surface area contributed by atoms with Crippen LogP contribution in [0.5, 0.6) is 0 Å². The fourth-order valence-corrected chi connectivity index (χ4v) is 3.78. The lowest BCUT2D eigenvalue weighted by atomic mass is 10.1. The van der Waals surface area contributed by atoms with Gasteiger partial charge in [0, 0.05) is 45.9 Å². The molecule has 142 valence electrons. The first-order chi connectivity index (χ1) is 11.8. The van der Waals surface area contributed by atoms with Crippen LogP contribution in [0.15, 0.2) is 22.5 Å². The smallest absolute Gasteiger partial charge is 0.191 e. The van der Waals surface area contributed by atoms with E-state index in [4.69, 9.17) is 4.74 Å². The van der Waals surface area contributed by atoms with Gasteiger partial charge in [0.1, 0.15) is 0 Å². The average Bonchev–Trinajstić information content (AvgIpc) is 3.28. The molecule has 2 heterocycles. The van der Waals surface area contributed by atoms with E-state index >= 15 is 0 Å². The molecule has 1 saturated heterocycles. The van der Waals surface area contributed by atoms with Gasteiger partial charge >= 0.3 is 0 Å². The number of guanidine groups is 1. The summed E-state index contributed by atoms with van der Waals surface area (Å²) in [6, 6.07) is 4.85. The molecular formula is C18H31IN4OS. The van der Waals surface area contributed by atoms with E-state index in [2.05, 4.69) is 38.0 Å². The Balaban J connectivity index is 0.00000225. The normalized spacial score (nSPS) is 18.8. The number of rotatable bonds is 8. The maximum Gasteiger partial charge on any atom is 0.191 e. The minimum absolute atomic E-state index is 0. The van der Waals surface area contributed by atoms with E-state index in [0.29, 0.717) is 6.04 Å². The number of thiophene rings is 1. The highest BCUT2D eigenvalue weighted by molar-refractivity contribution is 14.0. The topological polar surface area (TPSA) is 48.9 Å². The highest BCUT2D eigenvalue weighted by Gasteiger charge is 2.21. The highest BCUT2D eigenvalue weighted by Crippen LogP contribution is 2.28. The third kappa shape index (κ3) is 7.30. The van der Waals surface area contributed by atoms with E-state index in [1.54, 1.807) is 0 Å². The Bertz CT molecular complexity index is 499. The lowest BCUT2D eigenvalue weighted by molar-refractivity contribution is 0.123. The summed E-state index contributed by atoms with van der Waals surface area (Å²) in [6.45, 7) is 4.95. The van der Waals surface area contributed by atoms with Crippen molar-refractivity contribution in [3.05, 3.63) is 17.5 Å². The van der Waals surface area contributed by atoms with Crippen molar-refractivity contribution in [3.63, 3.8) is 0 Å². The number of hydrogen-bond acceptors (Lipinski definition) is 4. The van der Waals surface area contributed by atoms with Gasteiger partial charge in [0.05, 0.1) is 5.00 Å². The van der Waals surface area contributed by atoms with Crippen molar-refractivity contribution >= 4 is 46.3 Å². The summed E-state index contributed by atoms with van der Waals surface area (Å²) in [6.07, 6.45) is 6.07. The summed E-state index contributed by atoms with van der Waals surface area (Å²) in [4.78, 5) is 6.83. The molecule has 1 aliphatic carbocycles. The molecule has 2 aliphatic rings. The average molecular weight is 478 g/mol. The fraction of sp³-hybridized carbons (Fsp3) is 0.722. The van der Waals surface area contributed by atoms with E-state index in [9.17, 15) is 0 Å². The Morgan fingerprint density at radius 1 is 1.32 bits per heavy atom. The van der Waals surface area contributed by atoms with Gasteiger partial charge in [0.25, 0.3) is 0 Å². The molecule has 0 unspecified atom stereocenters. The van der Waals surface area contributed by atoms with Crippen LogP contribution in [0.4, 0.5) is 5.00 Å². The van der Waals surface area contributed by atoms with Crippen molar-refractivity contribution in [2.45, 2.75) is 38.1 Å². The Hall–Kier alpha value is -0.540. The molecule has 0 amide bonds. The second-order valence-electron chi connectivity index (χ2n) is 6.73. The van der Waals surface area contributed by atoms with Crippen LogP contribution in [0.3, 0.4) is 0 Å². The Morgan fingerprint density at radius 3 is 2.76 bits per heavy atom. The van der Waals surface area contributed by atoms with Gasteiger partial charge in [-0.25, -0.2) is 0 Å². The third-order valence-electron chi connectivity index (χ3n) is 4.69. The van der Waals surface area contributed by atoms with Crippen molar-refractivity contribution in [2.24, 2.45) is 10.9 Å². The molecule has 3 rings (SSSR count). The molecule has 1 saturated carbocycles. The van der Waals surface area contributed by atoms with Crippen LogP contribution in [-0.2, 0) is 4.74 Å². The fourth-order valence-electron chi connectivity index (χ4n) is 3.00. The van der Waals surface area contributed by atoms with E-state index < -0.39 is 0 Å². The lowest BCUT2D eigenvalue weighted by Gasteiger charge is -2.33. The van der Waals surface area contributed by atoms with Crippen LogP contribution in [-0.4, -0.2) is 51.9 Å². The number of piperidine rings is 1. The first-order valence-electron chi connectivity index (χ1n) is 9.18. The molecule has 0 aromatic carbocycles. The third-order valence-corrected chi connectivity index (χ3v) is 5.61. The van der Waals surface area contributed by atoms with Gasteiger partial charge in [-0.15, -0.1) is 35.3 Å². The zero-order valence-corrected chi connectivity index (χ0v) is 18.2. The van der Waals surface area contributed by atoms with E-state index in [-0.39, 0.29) is 24.0 Å². The SMILES string of the molecule is CN=C(NCCCOCC1CC1)NC1CCN(c2cccs2)CC1.I. The number of hydrogen-bond donors (Lipinski definition) is 2. The Labute approximate surface area is 172 Å². The number of nitrogens with one attached hydrogen (secondary N) is 2. The number of aliphatic imine (C=N–C) groups is 1. The molecule has 2 fully saturated rings. The van der Waals surface area contributed by atoms with Gasteiger partial charge in [0.15, 0.2) is 5.96 Å². The molecule has 2 N–H and O–H groups in total. The number of nitrogens with zero attached hydrogens (tertiary/aromatic N) is 2. The summed E-state index contributed by atoms with van der Waals surface area (Å²) in [5.41, 5.74) is 0. The first kappa shape index (κ1) is 20.8. The van der Waals surface area contributed by atoms with E-state index in [1.807, 2.05) is 18.4 Å². The van der Waals surface area contributed by atoms with Crippen molar-refractivity contribution in [1.29, 1.82) is 0 Å². The molecule has 1 aromatic rings. The van der Waals surface area contributed by atoms with Gasteiger partial charge in [0.2, 0.25) is 0 Å². The number of anilines is 1. The second kappa shape index (κ2) is 11.2. The van der Waals surface area contributed by atoms with Crippen LogP contribution in [0, 0.1) is 5.92 Å². The first-order valence-corrected chi connectivity index (χ1v) is 10.1. The molecule has 5 nitrogen and oxygen atoms in total. The van der Waals surface area contributed by atoms with Crippen molar-refractivity contribution in [1.82, 2.24) is 10.6 Å². The summed E-state index contributed by atoms with van der Waals surface area (Å²) in [5.74, 6) is 1.78. The van der Waals surface area contributed by atoms with Crippen LogP contribution in [0.2, 0.25) is 0 Å². The van der Waals surface area contributed by atoms with Gasteiger partial charge in [-0.05, 0) is 55.5 Å². The highest BCUT2D eigenvalue weighted by atomic mass is 127. The van der Waals surface area contributed by atoms with Crippen LogP contribution >= 0.6 is 35.3 Å². The molecular weight excluding hydrogens is 447 g/mol. The molecule has 1 aromatic heterocycles. The number of ether oxygens (including phenoxy) is 1.